The Balaban J connectivity index is 1.39. The highest BCUT2D eigenvalue weighted by molar-refractivity contribution is 5.88. The number of nitrogens with one attached hydrogen (secondary N) is 2. The molecule has 0 aliphatic carbocycles. The van der Waals surface area contributed by atoms with E-state index < -0.39 is 0 Å². The van der Waals surface area contributed by atoms with Crippen LogP contribution in [0.25, 0.3) is 10.9 Å². The van der Waals surface area contributed by atoms with Crippen LogP contribution in [0.4, 0.5) is 5.95 Å². The molecular weight excluding hydrogens is 314 g/mol. The number of benzene rings is 1. The first-order chi connectivity index (χ1) is 12.3. The molecule has 1 aromatic carbocycles. The number of fused-ring (bicyclic) bond motifs is 1. The number of carbonyl (C=O) groups is 1. The molecule has 0 radical (unpaired) electrons. The van der Waals surface area contributed by atoms with Gasteiger partial charge in [-0.05, 0) is 30.5 Å². The van der Waals surface area contributed by atoms with Crippen LogP contribution in [0, 0.1) is 0 Å². The van der Waals surface area contributed by atoms with Crippen molar-refractivity contribution in [2.45, 2.75) is 25.3 Å². The van der Waals surface area contributed by atoms with Crippen LogP contribution in [0.1, 0.15) is 18.4 Å². The fourth-order valence-corrected chi connectivity index (χ4v) is 3.46. The van der Waals surface area contributed by atoms with Crippen LogP contribution in [0.15, 0.2) is 48.9 Å². The first kappa shape index (κ1) is 15.6. The van der Waals surface area contributed by atoms with E-state index in [1.807, 2.05) is 36.5 Å². The van der Waals surface area contributed by atoms with Gasteiger partial charge in [-0.15, -0.1) is 0 Å². The lowest BCUT2D eigenvalue weighted by Gasteiger charge is -2.33. The molecule has 6 heteroatoms. The smallest absolute Gasteiger partial charge is 0.225 e. The van der Waals surface area contributed by atoms with Crippen LogP contribution in [0.5, 0.6) is 0 Å². The van der Waals surface area contributed by atoms with Crippen LogP contribution in [0.2, 0.25) is 0 Å². The van der Waals surface area contributed by atoms with Crippen molar-refractivity contribution in [3.05, 3.63) is 54.5 Å². The highest BCUT2D eigenvalue weighted by Gasteiger charge is 2.23. The van der Waals surface area contributed by atoms with Gasteiger partial charge in [0.2, 0.25) is 11.9 Å². The summed E-state index contributed by atoms with van der Waals surface area (Å²) in [5, 5.41) is 4.28. The second-order valence-electron chi connectivity index (χ2n) is 6.44. The van der Waals surface area contributed by atoms with E-state index in [4.69, 9.17) is 0 Å². The highest BCUT2D eigenvalue weighted by Crippen LogP contribution is 2.19. The third-order valence-electron chi connectivity index (χ3n) is 4.65. The van der Waals surface area contributed by atoms with Gasteiger partial charge in [0.05, 0.1) is 6.42 Å². The quantitative estimate of drug-likeness (QED) is 0.767. The second-order valence-corrected chi connectivity index (χ2v) is 6.44. The molecule has 2 N–H and O–H groups in total. The van der Waals surface area contributed by atoms with Gasteiger partial charge in [0.25, 0.3) is 0 Å². The van der Waals surface area contributed by atoms with Gasteiger partial charge < -0.3 is 15.2 Å². The fraction of sp³-hybridized carbons (Fsp3) is 0.316. The molecule has 6 nitrogen and oxygen atoms in total. The normalized spacial score (nSPS) is 17.6. The van der Waals surface area contributed by atoms with Gasteiger partial charge in [-0.1, -0.05) is 18.2 Å². The first-order valence-corrected chi connectivity index (χ1v) is 8.66. The van der Waals surface area contributed by atoms with E-state index in [-0.39, 0.29) is 11.9 Å². The predicted octanol–water partition coefficient (Wildman–Crippen LogP) is 2.29. The van der Waals surface area contributed by atoms with Crippen LogP contribution < -0.4 is 10.2 Å². The number of H-pyrrole nitrogens is 1. The molecule has 0 spiro atoms. The summed E-state index contributed by atoms with van der Waals surface area (Å²) in [6, 6.07) is 10.0. The van der Waals surface area contributed by atoms with Crippen molar-refractivity contribution in [2.24, 2.45) is 0 Å². The number of carbonyl (C=O) groups excluding carboxylic acids is 1. The van der Waals surface area contributed by atoms with E-state index in [1.165, 1.54) is 0 Å². The molecule has 3 heterocycles. The van der Waals surface area contributed by atoms with Gasteiger partial charge in [0.15, 0.2) is 0 Å². The molecule has 4 rings (SSSR count). The first-order valence-electron chi connectivity index (χ1n) is 8.66. The molecule has 0 bridgehead atoms. The summed E-state index contributed by atoms with van der Waals surface area (Å²) in [5.74, 6) is 0.795. The van der Waals surface area contributed by atoms with E-state index in [9.17, 15) is 4.79 Å². The number of rotatable bonds is 4. The Morgan fingerprint density at radius 3 is 2.96 bits per heavy atom. The number of hydrogen-bond acceptors (Lipinski definition) is 4. The molecule has 1 atom stereocenters. The van der Waals surface area contributed by atoms with Crippen LogP contribution in [0.3, 0.4) is 0 Å². The van der Waals surface area contributed by atoms with Crippen molar-refractivity contribution >= 4 is 22.8 Å². The summed E-state index contributed by atoms with van der Waals surface area (Å²) in [6.07, 6.45) is 7.83. The zero-order valence-corrected chi connectivity index (χ0v) is 14.0. The molecule has 25 heavy (non-hydrogen) atoms. The van der Waals surface area contributed by atoms with Crippen molar-refractivity contribution in [2.75, 3.05) is 18.0 Å². The molecule has 0 saturated carbocycles. The summed E-state index contributed by atoms with van der Waals surface area (Å²) >= 11 is 0. The minimum atomic E-state index is 0.0607. The SMILES string of the molecule is O=C(Cc1c[nH]c2ccccc12)N[C@@H]1CCCN(c2ncccn2)C1. The molecule has 3 aromatic rings. The van der Waals surface area contributed by atoms with Crippen molar-refractivity contribution in [3.8, 4) is 0 Å². The maximum absolute atomic E-state index is 12.5. The fourth-order valence-electron chi connectivity index (χ4n) is 3.46. The molecule has 128 valence electrons. The lowest BCUT2D eigenvalue weighted by molar-refractivity contribution is -0.121. The Labute approximate surface area is 146 Å². The number of hydrogen-bond donors (Lipinski definition) is 2. The Bertz CT molecular complexity index is 860. The van der Waals surface area contributed by atoms with Gasteiger partial charge in [-0.3, -0.25) is 4.79 Å². The molecule has 1 fully saturated rings. The molecule has 1 aliphatic rings. The standard InChI is InChI=1S/C19H21N5O/c25-18(11-14-12-22-17-7-2-1-6-16(14)17)23-15-5-3-10-24(13-15)19-20-8-4-9-21-19/h1-2,4,6-9,12,15,22H,3,5,10-11,13H2,(H,23,25)/t15-/m1/s1. The Kier molecular flexibility index (Phi) is 4.33. The van der Waals surface area contributed by atoms with Gasteiger partial charge in [-0.2, -0.15) is 0 Å². The van der Waals surface area contributed by atoms with Crippen molar-refractivity contribution in [1.29, 1.82) is 0 Å². The predicted molar refractivity (Wildman–Crippen MR) is 97.4 cm³/mol. The van der Waals surface area contributed by atoms with Gasteiger partial charge in [0, 0.05) is 48.6 Å². The number of piperidine rings is 1. The summed E-state index contributed by atoms with van der Waals surface area (Å²) in [7, 11) is 0. The van der Waals surface area contributed by atoms with Crippen LogP contribution in [-0.4, -0.2) is 40.0 Å². The van der Waals surface area contributed by atoms with Crippen LogP contribution >= 0.6 is 0 Å². The molecule has 1 saturated heterocycles. The number of amides is 1. The Morgan fingerprint density at radius 2 is 2.08 bits per heavy atom. The number of aromatic amines is 1. The average molecular weight is 335 g/mol. The monoisotopic (exact) mass is 335 g/mol. The third-order valence-corrected chi connectivity index (χ3v) is 4.65. The largest absolute Gasteiger partial charge is 0.361 e. The van der Waals surface area contributed by atoms with Gasteiger partial charge >= 0.3 is 0 Å². The molecule has 1 aliphatic heterocycles. The minimum Gasteiger partial charge on any atom is -0.361 e. The average Bonchev–Trinajstić information content (AvgIpc) is 3.06. The zero-order chi connectivity index (χ0) is 17.1. The lowest BCUT2D eigenvalue weighted by Crippen LogP contribution is -2.48. The number of para-hydroxylation sites is 1. The number of anilines is 1. The Morgan fingerprint density at radius 1 is 1.24 bits per heavy atom. The zero-order valence-electron chi connectivity index (χ0n) is 14.0. The molecular formula is C19H21N5O. The second kappa shape index (κ2) is 6.93. The maximum Gasteiger partial charge on any atom is 0.225 e. The van der Waals surface area contributed by atoms with Crippen LogP contribution in [-0.2, 0) is 11.2 Å². The summed E-state index contributed by atoms with van der Waals surface area (Å²) in [5.41, 5.74) is 2.10. The van der Waals surface area contributed by atoms with Gasteiger partial charge in [-0.25, -0.2) is 9.97 Å². The van der Waals surface area contributed by atoms with E-state index >= 15 is 0 Å². The summed E-state index contributed by atoms with van der Waals surface area (Å²) in [4.78, 5) is 26.5. The third kappa shape index (κ3) is 3.47. The van der Waals surface area contributed by atoms with E-state index in [2.05, 4.69) is 25.2 Å². The number of aromatic nitrogens is 3. The highest BCUT2D eigenvalue weighted by atomic mass is 16.1. The molecule has 1 amide bonds. The van der Waals surface area contributed by atoms with E-state index in [0.29, 0.717) is 6.42 Å². The summed E-state index contributed by atoms with van der Waals surface area (Å²) < 4.78 is 0. The molecule has 0 unspecified atom stereocenters. The van der Waals surface area contributed by atoms with Crippen molar-refractivity contribution < 1.29 is 4.79 Å². The van der Waals surface area contributed by atoms with Gasteiger partial charge in [0.1, 0.15) is 0 Å². The van der Waals surface area contributed by atoms with E-state index in [1.54, 1.807) is 12.4 Å². The van der Waals surface area contributed by atoms with Crippen molar-refractivity contribution in [3.63, 3.8) is 0 Å². The van der Waals surface area contributed by atoms with E-state index in [0.717, 1.165) is 48.3 Å². The minimum absolute atomic E-state index is 0.0607. The lowest BCUT2D eigenvalue weighted by atomic mass is 10.0. The summed E-state index contributed by atoms with van der Waals surface area (Å²) in [6.45, 7) is 1.68. The number of nitrogens with zero attached hydrogens (tertiary/aromatic N) is 3. The topological polar surface area (TPSA) is 73.9 Å². The van der Waals surface area contributed by atoms with Crippen molar-refractivity contribution in [1.82, 2.24) is 20.3 Å². The maximum atomic E-state index is 12.5. The Hall–Kier alpha value is -2.89. The molecule has 2 aromatic heterocycles.